The van der Waals surface area contributed by atoms with Gasteiger partial charge in [-0.25, -0.2) is 0 Å². The van der Waals surface area contributed by atoms with E-state index in [1.807, 2.05) is 48.5 Å². The number of nitrogens with two attached hydrogens (primary N) is 1. The van der Waals surface area contributed by atoms with Gasteiger partial charge < -0.3 is 11.1 Å². The van der Waals surface area contributed by atoms with Gasteiger partial charge in [-0.1, -0.05) is 43.3 Å². The molecule has 104 valence electrons. The average Bonchev–Trinajstić information content (AvgIpc) is 2.53. The molecule has 0 bridgehead atoms. The Hall–Kier alpha value is -2.13. The smallest absolute Gasteiger partial charge is 0.251 e. The maximum absolute atomic E-state index is 12.0. The summed E-state index contributed by atoms with van der Waals surface area (Å²) in [6.07, 6.45) is 0.982. The summed E-state index contributed by atoms with van der Waals surface area (Å²) in [5, 5.41) is 2.92. The highest BCUT2D eigenvalue weighted by molar-refractivity contribution is 5.94. The summed E-state index contributed by atoms with van der Waals surface area (Å²) in [5.74, 6) is -0.0458. The summed E-state index contributed by atoms with van der Waals surface area (Å²) in [7, 11) is 0. The molecule has 20 heavy (non-hydrogen) atoms. The molecule has 0 aliphatic heterocycles. The van der Waals surface area contributed by atoms with Crippen LogP contribution in [-0.2, 0) is 19.5 Å². The van der Waals surface area contributed by atoms with Crippen LogP contribution >= 0.6 is 0 Å². The largest absolute Gasteiger partial charge is 0.348 e. The number of hydrogen-bond acceptors (Lipinski definition) is 2. The minimum Gasteiger partial charge on any atom is -0.348 e. The fourth-order valence-electron chi connectivity index (χ4n) is 1.97. The maximum atomic E-state index is 12.0. The highest BCUT2D eigenvalue weighted by Crippen LogP contribution is 2.07. The molecule has 0 spiro atoms. The molecule has 0 heterocycles. The summed E-state index contributed by atoms with van der Waals surface area (Å²) in [4.78, 5) is 12.0. The van der Waals surface area contributed by atoms with E-state index < -0.39 is 0 Å². The zero-order chi connectivity index (χ0) is 14.4. The van der Waals surface area contributed by atoms with E-state index in [9.17, 15) is 4.79 Å². The van der Waals surface area contributed by atoms with Crippen LogP contribution < -0.4 is 11.1 Å². The Labute approximate surface area is 119 Å². The molecule has 3 nitrogen and oxygen atoms in total. The van der Waals surface area contributed by atoms with Crippen molar-refractivity contribution < 1.29 is 4.79 Å². The van der Waals surface area contributed by atoms with Crippen LogP contribution in [-0.4, -0.2) is 5.91 Å². The Balaban J connectivity index is 1.93. The first kappa shape index (κ1) is 14.3. The Morgan fingerprint density at radius 3 is 2.05 bits per heavy atom. The van der Waals surface area contributed by atoms with Crippen LogP contribution in [0.3, 0.4) is 0 Å². The van der Waals surface area contributed by atoms with Gasteiger partial charge in [-0.3, -0.25) is 4.79 Å². The van der Waals surface area contributed by atoms with Crippen LogP contribution in [0.1, 0.15) is 34.0 Å². The molecule has 2 aromatic rings. The Bertz CT molecular complexity index is 559. The third-order valence-corrected chi connectivity index (χ3v) is 3.34. The van der Waals surface area contributed by atoms with Gasteiger partial charge in [-0.15, -0.1) is 0 Å². The highest BCUT2D eigenvalue weighted by atomic mass is 16.1. The second-order valence-corrected chi connectivity index (χ2v) is 4.75. The molecule has 0 aromatic heterocycles. The fourth-order valence-corrected chi connectivity index (χ4v) is 1.97. The molecule has 0 atom stereocenters. The normalized spacial score (nSPS) is 10.3. The van der Waals surface area contributed by atoms with Crippen molar-refractivity contribution in [2.24, 2.45) is 5.73 Å². The highest BCUT2D eigenvalue weighted by Gasteiger charge is 2.04. The summed E-state index contributed by atoms with van der Waals surface area (Å²) < 4.78 is 0. The summed E-state index contributed by atoms with van der Waals surface area (Å²) in [5.41, 5.74) is 9.65. The second-order valence-electron chi connectivity index (χ2n) is 4.75. The molecule has 0 radical (unpaired) electrons. The summed E-state index contributed by atoms with van der Waals surface area (Å²) in [6, 6.07) is 15.7. The van der Waals surface area contributed by atoms with Crippen molar-refractivity contribution in [3.8, 4) is 0 Å². The third-order valence-electron chi connectivity index (χ3n) is 3.34. The molecule has 2 aromatic carbocycles. The fraction of sp³-hybridized carbons (Fsp3) is 0.235. The SMILES string of the molecule is CCc1ccc(C(=O)NCc2ccc(CN)cc2)cc1. The van der Waals surface area contributed by atoms with E-state index in [0.29, 0.717) is 18.7 Å². The number of carbonyl (C=O) groups excluding carboxylic acids is 1. The first-order valence-electron chi connectivity index (χ1n) is 6.88. The molecule has 0 unspecified atom stereocenters. The molecule has 3 heteroatoms. The van der Waals surface area contributed by atoms with E-state index in [1.165, 1.54) is 5.56 Å². The van der Waals surface area contributed by atoms with Crippen molar-refractivity contribution >= 4 is 5.91 Å². The van der Waals surface area contributed by atoms with Crippen LogP contribution in [0.25, 0.3) is 0 Å². The standard InChI is InChI=1S/C17H20N2O/c1-2-13-7-9-16(10-8-13)17(20)19-12-15-5-3-14(11-18)4-6-15/h3-10H,2,11-12,18H2,1H3,(H,19,20). The van der Waals surface area contributed by atoms with Crippen molar-refractivity contribution in [1.29, 1.82) is 0 Å². The van der Waals surface area contributed by atoms with Gasteiger partial charge in [0.05, 0.1) is 0 Å². The van der Waals surface area contributed by atoms with Gasteiger partial charge in [0, 0.05) is 18.7 Å². The summed E-state index contributed by atoms with van der Waals surface area (Å²) in [6.45, 7) is 3.16. The van der Waals surface area contributed by atoms with Crippen molar-refractivity contribution in [3.63, 3.8) is 0 Å². The molecular weight excluding hydrogens is 248 g/mol. The first-order valence-corrected chi connectivity index (χ1v) is 6.88. The van der Waals surface area contributed by atoms with Crippen molar-refractivity contribution in [1.82, 2.24) is 5.32 Å². The number of nitrogens with one attached hydrogen (secondary N) is 1. The van der Waals surface area contributed by atoms with E-state index in [0.717, 1.165) is 17.5 Å². The van der Waals surface area contributed by atoms with E-state index in [4.69, 9.17) is 5.73 Å². The minimum atomic E-state index is -0.0458. The van der Waals surface area contributed by atoms with Crippen molar-refractivity contribution in [2.45, 2.75) is 26.4 Å². The topological polar surface area (TPSA) is 55.1 Å². The number of aryl methyl sites for hydroxylation is 1. The molecule has 3 N–H and O–H groups in total. The van der Waals surface area contributed by atoms with Crippen LogP contribution in [0.15, 0.2) is 48.5 Å². The van der Waals surface area contributed by atoms with Gasteiger partial charge >= 0.3 is 0 Å². The first-order chi connectivity index (χ1) is 9.72. The second kappa shape index (κ2) is 6.87. The molecule has 0 aliphatic carbocycles. The van der Waals surface area contributed by atoms with Crippen LogP contribution in [0.4, 0.5) is 0 Å². The molecule has 0 saturated heterocycles. The van der Waals surface area contributed by atoms with Crippen LogP contribution in [0.2, 0.25) is 0 Å². The number of rotatable bonds is 5. The van der Waals surface area contributed by atoms with E-state index in [-0.39, 0.29) is 5.91 Å². The Morgan fingerprint density at radius 2 is 1.50 bits per heavy atom. The zero-order valence-electron chi connectivity index (χ0n) is 11.7. The van der Waals surface area contributed by atoms with Crippen molar-refractivity contribution in [3.05, 3.63) is 70.8 Å². The lowest BCUT2D eigenvalue weighted by atomic mass is 10.1. The zero-order valence-corrected chi connectivity index (χ0v) is 11.7. The van der Waals surface area contributed by atoms with Gasteiger partial charge in [0.15, 0.2) is 0 Å². The molecule has 0 aliphatic rings. The monoisotopic (exact) mass is 268 g/mol. The minimum absolute atomic E-state index is 0.0458. The predicted molar refractivity (Wildman–Crippen MR) is 81.3 cm³/mol. The number of benzene rings is 2. The van der Waals surface area contributed by atoms with Gasteiger partial charge in [-0.2, -0.15) is 0 Å². The van der Waals surface area contributed by atoms with Gasteiger partial charge in [0.1, 0.15) is 0 Å². The predicted octanol–water partition coefficient (Wildman–Crippen LogP) is 2.64. The lowest BCUT2D eigenvalue weighted by molar-refractivity contribution is 0.0951. The number of hydrogen-bond donors (Lipinski definition) is 2. The number of amides is 1. The van der Waals surface area contributed by atoms with E-state index in [2.05, 4.69) is 12.2 Å². The Kier molecular flexibility index (Phi) is 4.91. The number of carbonyl (C=O) groups is 1. The molecule has 1 amide bonds. The van der Waals surface area contributed by atoms with E-state index in [1.54, 1.807) is 0 Å². The molecular formula is C17H20N2O. The van der Waals surface area contributed by atoms with Gasteiger partial charge in [0.2, 0.25) is 0 Å². The molecule has 0 saturated carbocycles. The Morgan fingerprint density at radius 1 is 0.950 bits per heavy atom. The molecule has 0 fully saturated rings. The van der Waals surface area contributed by atoms with E-state index >= 15 is 0 Å². The van der Waals surface area contributed by atoms with Crippen LogP contribution in [0.5, 0.6) is 0 Å². The molecule has 2 rings (SSSR count). The lowest BCUT2D eigenvalue weighted by Gasteiger charge is -2.07. The van der Waals surface area contributed by atoms with Gasteiger partial charge in [0.25, 0.3) is 5.91 Å². The van der Waals surface area contributed by atoms with Crippen LogP contribution in [0, 0.1) is 0 Å². The average molecular weight is 268 g/mol. The quantitative estimate of drug-likeness (QED) is 0.876. The summed E-state index contributed by atoms with van der Waals surface area (Å²) >= 11 is 0. The third kappa shape index (κ3) is 3.68. The maximum Gasteiger partial charge on any atom is 0.251 e. The lowest BCUT2D eigenvalue weighted by Crippen LogP contribution is -2.22. The van der Waals surface area contributed by atoms with Gasteiger partial charge in [-0.05, 0) is 35.2 Å². The van der Waals surface area contributed by atoms with Crippen molar-refractivity contribution in [2.75, 3.05) is 0 Å².